The van der Waals surface area contributed by atoms with Crippen molar-refractivity contribution in [1.29, 1.82) is 0 Å². The van der Waals surface area contributed by atoms with Crippen molar-refractivity contribution in [1.82, 2.24) is 15.5 Å². The summed E-state index contributed by atoms with van der Waals surface area (Å²) in [4.78, 5) is 7.49. The molecular formula is C20H40N4O. The smallest absolute Gasteiger partial charge is 0.191 e. The second-order valence-electron chi connectivity index (χ2n) is 7.80. The summed E-state index contributed by atoms with van der Waals surface area (Å²) in [5, 5.41) is 6.92. The van der Waals surface area contributed by atoms with Crippen molar-refractivity contribution in [3.8, 4) is 0 Å². The van der Waals surface area contributed by atoms with Gasteiger partial charge in [-0.25, -0.2) is 0 Å². The van der Waals surface area contributed by atoms with Crippen LogP contribution in [0.15, 0.2) is 4.99 Å². The van der Waals surface area contributed by atoms with Crippen LogP contribution in [0.4, 0.5) is 0 Å². The van der Waals surface area contributed by atoms with Crippen molar-refractivity contribution in [2.45, 2.75) is 71.8 Å². The molecule has 1 aliphatic heterocycles. The molecule has 1 saturated carbocycles. The van der Waals surface area contributed by atoms with Gasteiger partial charge in [-0.3, -0.25) is 4.99 Å². The first kappa shape index (κ1) is 20.5. The van der Waals surface area contributed by atoms with Crippen LogP contribution in [0, 0.1) is 5.41 Å². The Balaban J connectivity index is 1.67. The Morgan fingerprint density at radius 3 is 2.76 bits per heavy atom. The molecule has 1 unspecified atom stereocenters. The Hall–Kier alpha value is -0.810. The van der Waals surface area contributed by atoms with Crippen molar-refractivity contribution in [2.75, 3.05) is 45.9 Å². The summed E-state index contributed by atoms with van der Waals surface area (Å²) < 4.78 is 5.53. The first-order chi connectivity index (χ1) is 12.2. The van der Waals surface area contributed by atoms with Crippen molar-refractivity contribution >= 4 is 5.96 Å². The predicted octanol–water partition coefficient (Wildman–Crippen LogP) is 3.01. The molecule has 1 atom stereocenters. The molecule has 25 heavy (non-hydrogen) atoms. The number of rotatable bonds is 11. The maximum Gasteiger partial charge on any atom is 0.191 e. The Morgan fingerprint density at radius 2 is 2.08 bits per heavy atom. The van der Waals surface area contributed by atoms with E-state index in [1.54, 1.807) is 0 Å². The zero-order chi connectivity index (χ0) is 18.0. The van der Waals surface area contributed by atoms with Gasteiger partial charge < -0.3 is 20.3 Å². The van der Waals surface area contributed by atoms with Gasteiger partial charge in [0.05, 0.1) is 0 Å². The molecule has 2 fully saturated rings. The molecule has 5 nitrogen and oxygen atoms in total. The van der Waals surface area contributed by atoms with Gasteiger partial charge >= 0.3 is 0 Å². The van der Waals surface area contributed by atoms with E-state index < -0.39 is 0 Å². The maximum atomic E-state index is 5.53. The second kappa shape index (κ2) is 11.0. The third kappa shape index (κ3) is 7.53. The third-order valence-electron chi connectivity index (χ3n) is 5.71. The summed E-state index contributed by atoms with van der Waals surface area (Å²) >= 11 is 0. The maximum absolute atomic E-state index is 5.53. The number of likely N-dealkylation sites (tertiary alicyclic amines) is 1. The van der Waals surface area contributed by atoms with E-state index in [0.29, 0.717) is 5.41 Å². The number of nitrogens with zero attached hydrogens (tertiary/aromatic N) is 2. The fraction of sp³-hybridized carbons (Fsp3) is 0.950. The van der Waals surface area contributed by atoms with Crippen LogP contribution in [0.1, 0.15) is 65.7 Å². The van der Waals surface area contributed by atoms with Crippen LogP contribution in [-0.4, -0.2) is 62.8 Å². The lowest BCUT2D eigenvalue weighted by Gasteiger charge is -2.33. The minimum atomic E-state index is 0.417. The number of aliphatic imine (C=N–C) groups is 1. The summed E-state index contributed by atoms with van der Waals surface area (Å²) in [5.41, 5.74) is 0.417. The second-order valence-corrected chi connectivity index (χ2v) is 7.80. The Kier molecular flexibility index (Phi) is 9.04. The molecule has 1 heterocycles. The van der Waals surface area contributed by atoms with Gasteiger partial charge in [0.2, 0.25) is 0 Å². The summed E-state index contributed by atoms with van der Waals surface area (Å²) in [6.07, 6.45) is 9.07. The molecule has 1 aliphatic carbocycles. The van der Waals surface area contributed by atoms with Crippen LogP contribution >= 0.6 is 0 Å². The highest BCUT2D eigenvalue weighted by molar-refractivity contribution is 5.79. The summed E-state index contributed by atoms with van der Waals surface area (Å²) in [6.45, 7) is 13.6. The van der Waals surface area contributed by atoms with Crippen LogP contribution in [0.3, 0.4) is 0 Å². The molecule has 2 rings (SSSR count). The molecule has 2 N–H and O–H groups in total. The number of piperidine rings is 1. The zero-order valence-electron chi connectivity index (χ0n) is 16.8. The molecule has 0 aromatic carbocycles. The third-order valence-corrected chi connectivity index (χ3v) is 5.71. The average molecular weight is 353 g/mol. The van der Waals surface area contributed by atoms with Crippen LogP contribution in [0.25, 0.3) is 0 Å². The van der Waals surface area contributed by atoms with E-state index in [-0.39, 0.29) is 0 Å². The fourth-order valence-electron chi connectivity index (χ4n) is 3.66. The van der Waals surface area contributed by atoms with Crippen molar-refractivity contribution in [3.05, 3.63) is 0 Å². The van der Waals surface area contributed by atoms with E-state index in [1.807, 2.05) is 0 Å². The first-order valence-corrected chi connectivity index (χ1v) is 10.5. The highest BCUT2D eigenvalue weighted by Crippen LogP contribution is 2.48. The highest BCUT2D eigenvalue weighted by atomic mass is 16.5. The van der Waals surface area contributed by atoms with E-state index in [0.717, 1.165) is 51.3 Å². The van der Waals surface area contributed by atoms with Gasteiger partial charge in [0, 0.05) is 45.4 Å². The molecule has 0 amide bonds. The van der Waals surface area contributed by atoms with E-state index in [9.17, 15) is 0 Å². The summed E-state index contributed by atoms with van der Waals surface area (Å²) in [5.74, 6) is 0.983. The van der Waals surface area contributed by atoms with Crippen LogP contribution in [0.2, 0.25) is 0 Å². The molecule has 0 radical (unpaired) electrons. The molecule has 2 aliphatic rings. The van der Waals surface area contributed by atoms with Crippen LogP contribution in [0.5, 0.6) is 0 Å². The number of hydrogen-bond acceptors (Lipinski definition) is 3. The monoisotopic (exact) mass is 352 g/mol. The predicted molar refractivity (Wildman–Crippen MR) is 106 cm³/mol. The van der Waals surface area contributed by atoms with Gasteiger partial charge in [-0.1, -0.05) is 6.42 Å². The van der Waals surface area contributed by atoms with Gasteiger partial charge in [0.25, 0.3) is 0 Å². The van der Waals surface area contributed by atoms with Gasteiger partial charge in [-0.15, -0.1) is 0 Å². The molecule has 146 valence electrons. The molecule has 0 bridgehead atoms. The van der Waals surface area contributed by atoms with Gasteiger partial charge in [0.15, 0.2) is 5.96 Å². The van der Waals surface area contributed by atoms with E-state index in [2.05, 4.69) is 36.3 Å². The van der Waals surface area contributed by atoms with E-state index in [4.69, 9.17) is 9.73 Å². The molecule has 0 spiro atoms. The minimum absolute atomic E-state index is 0.417. The normalized spacial score (nSPS) is 23.5. The zero-order valence-corrected chi connectivity index (χ0v) is 16.8. The standard InChI is InChI=1S/C20H40N4O/c1-4-21-19(23-17-20(10-11-20)12-16-25-5-2)22-13-8-15-24-14-7-6-9-18(24)3/h18H,4-17H2,1-3H3,(H2,21,22,23). The quantitative estimate of drug-likeness (QED) is 0.341. The van der Waals surface area contributed by atoms with Gasteiger partial charge in [-0.2, -0.15) is 0 Å². The lowest BCUT2D eigenvalue weighted by atomic mass is 10.0. The molecule has 5 heteroatoms. The van der Waals surface area contributed by atoms with Crippen LogP contribution in [-0.2, 0) is 4.74 Å². The van der Waals surface area contributed by atoms with E-state index >= 15 is 0 Å². The largest absolute Gasteiger partial charge is 0.382 e. The number of hydrogen-bond donors (Lipinski definition) is 2. The fourth-order valence-corrected chi connectivity index (χ4v) is 3.66. The number of guanidine groups is 1. The number of ether oxygens (including phenoxy) is 1. The minimum Gasteiger partial charge on any atom is -0.382 e. The van der Waals surface area contributed by atoms with Gasteiger partial charge in [-0.05, 0) is 71.3 Å². The van der Waals surface area contributed by atoms with Gasteiger partial charge in [0.1, 0.15) is 0 Å². The Morgan fingerprint density at radius 1 is 1.24 bits per heavy atom. The topological polar surface area (TPSA) is 48.9 Å². The first-order valence-electron chi connectivity index (χ1n) is 10.5. The lowest BCUT2D eigenvalue weighted by Crippen LogP contribution is -2.41. The van der Waals surface area contributed by atoms with Crippen LogP contribution < -0.4 is 10.6 Å². The lowest BCUT2D eigenvalue weighted by molar-refractivity contribution is 0.129. The number of nitrogens with one attached hydrogen (secondary N) is 2. The molecule has 0 aromatic rings. The Bertz CT molecular complexity index is 395. The van der Waals surface area contributed by atoms with E-state index in [1.165, 1.54) is 51.6 Å². The average Bonchev–Trinajstić information content (AvgIpc) is 3.38. The van der Waals surface area contributed by atoms with Crippen molar-refractivity contribution in [2.24, 2.45) is 10.4 Å². The summed E-state index contributed by atoms with van der Waals surface area (Å²) in [7, 11) is 0. The molecule has 1 saturated heterocycles. The SMILES string of the molecule is CCNC(=NCC1(CCOCC)CC1)NCCCN1CCCCC1C. The molecular weight excluding hydrogens is 312 g/mol. The van der Waals surface area contributed by atoms with Crippen molar-refractivity contribution in [3.63, 3.8) is 0 Å². The highest BCUT2D eigenvalue weighted by Gasteiger charge is 2.41. The molecule has 0 aromatic heterocycles. The summed E-state index contributed by atoms with van der Waals surface area (Å²) in [6, 6.07) is 0.760. The van der Waals surface area contributed by atoms with Crippen molar-refractivity contribution < 1.29 is 4.74 Å². The Labute approximate surface area is 155 Å².